The first kappa shape index (κ1) is 12.0. The van der Waals surface area contributed by atoms with Crippen molar-refractivity contribution in [2.75, 3.05) is 18.4 Å². The highest BCUT2D eigenvalue weighted by molar-refractivity contribution is 9.09. The Bertz CT molecular complexity index is 442. The Morgan fingerprint density at radius 1 is 1.39 bits per heavy atom. The number of alkyl halides is 1. The number of halogens is 1. The van der Waals surface area contributed by atoms with Gasteiger partial charge in [-0.05, 0) is 17.9 Å². The molecule has 1 spiro atoms. The Morgan fingerprint density at radius 3 is 2.72 bits per heavy atom. The molecule has 3 nitrogen and oxygen atoms in total. The van der Waals surface area contributed by atoms with E-state index in [9.17, 15) is 4.79 Å². The number of likely N-dealkylation sites (tertiary alicyclic amines) is 1. The Morgan fingerprint density at radius 2 is 2.11 bits per heavy atom. The molecule has 0 aromatic heterocycles. The van der Waals surface area contributed by atoms with Gasteiger partial charge in [-0.2, -0.15) is 0 Å². The fraction of sp³-hybridized carbons (Fsp3) is 0.500. The molecule has 0 radical (unpaired) electrons. The van der Waals surface area contributed by atoms with Crippen molar-refractivity contribution in [3.05, 3.63) is 35.9 Å². The van der Waals surface area contributed by atoms with Gasteiger partial charge in [0.1, 0.15) is 6.61 Å². The smallest absolute Gasteiger partial charge is 0.410 e. The minimum absolute atomic E-state index is 0.176. The number of nitrogens with zero attached hydrogens (tertiary/aromatic N) is 1. The van der Waals surface area contributed by atoms with Crippen LogP contribution >= 0.6 is 15.9 Å². The Hall–Kier alpha value is -1.03. The van der Waals surface area contributed by atoms with E-state index in [4.69, 9.17) is 4.74 Å². The number of carbonyl (C=O) groups is 1. The number of amides is 1. The van der Waals surface area contributed by atoms with Crippen molar-refractivity contribution in [2.45, 2.75) is 13.0 Å². The normalized spacial score (nSPS) is 23.6. The van der Waals surface area contributed by atoms with Crippen LogP contribution < -0.4 is 0 Å². The lowest BCUT2D eigenvalue weighted by molar-refractivity contribution is 0.0363. The Kier molecular flexibility index (Phi) is 3.06. The molecule has 1 aliphatic heterocycles. The largest absolute Gasteiger partial charge is 0.445 e. The van der Waals surface area contributed by atoms with Crippen molar-refractivity contribution < 1.29 is 9.53 Å². The zero-order valence-corrected chi connectivity index (χ0v) is 11.7. The van der Waals surface area contributed by atoms with E-state index in [1.807, 2.05) is 35.2 Å². The summed E-state index contributed by atoms with van der Waals surface area (Å²) in [7, 11) is 0. The summed E-state index contributed by atoms with van der Waals surface area (Å²) in [4.78, 5) is 13.6. The molecule has 1 unspecified atom stereocenters. The maximum absolute atomic E-state index is 11.8. The van der Waals surface area contributed by atoms with Crippen LogP contribution in [0.1, 0.15) is 12.0 Å². The molecule has 1 amide bonds. The molecule has 0 bridgehead atoms. The molecule has 0 N–H and O–H groups in total. The third kappa shape index (κ3) is 2.14. The second-order valence-corrected chi connectivity index (χ2v) is 5.96. The lowest BCUT2D eigenvalue weighted by Gasteiger charge is -2.39. The predicted molar refractivity (Wildman–Crippen MR) is 72.5 cm³/mol. The molecule has 1 saturated heterocycles. The van der Waals surface area contributed by atoms with Gasteiger partial charge >= 0.3 is 6.09 Å². The van der Waals surface area contributed by atoms with Gasteiger partial charge in [-0.1, -0.05) is 46.3 Å². The molecule has 2 aliphatic rings. The standard InChI is InChI=1S/C14H16BrNO2/c15-7-12-6-14(12)9-16(10-14)13(17)18-8-11-4-2-1-3-5-11/h1-5,12H,6-10H2. The molecule has 1 aliphatic carbocycles. The zero-order valence-electron chi connectivity index (χ0n) is 10.1. The van der Waals surface area contributed by atoms with Crippen molar-refractivity contribution in [3.8, 4) is 0 Å². The average molecular weight is 310 g/mol. The van der Waals surface area contributed by atoms with Gasteiger partial charge in [0.15, 0.2) is 0 Å². The number of hydrogen-bond acceptors (Lipinski definition) is 2. The van der Waals surface area contributed by atoms with Gasteiger partial charge in [0, 0.05) is 23.8 Å². The van der Waals surface area contributed by atoms with E-state index < -0.39 is 0 Å². The first-order chi connectivity index (χ1) is 8.73. The monoisotopic (exact) mass is 309 g/mol. The highest BCUT2D eigenvalue weighted by Gasteiger charge is 2.61. The van der Waals surface area contributed by atoms with Gasteiger partial charge in [-0.3, -0.25) is 0 Å². The average Bonchev–Trinajstić information content (AvgIpc) is 3.10. The van der Waals surface area contributed by atoms with Gasteiger partial charge in [0.2, 0.25) is 0 Å². The molecule has 1 aromatic carbocycles. The molecule has 2 fully saturated rings. The van der Waals surface area contributed by atoms with E-state index in [0.29, 0.717) is 12.0 Å². The second-order valence-electron chi connectivity index (χ2n) is 5.31. The predicted octanol–water partition coefficient (Wildman–Crippen LogP) is 3.04. The van der Waals surface area contributed by atoms with Crippen LogP contribution in [-0.4, -0.2) is 29.4 Å². The first-order valence-electron chi connectivity index (χ1n) is 6.25. The van der Waals surface area contributed by atoms with E-state index in [2.05, 4.69) is 15.9 Å². The molecular formula is C14H16BrNO2. The fourth-order valence-corrected chi connectivity index (χ4v) is 3.61. The van der Waals surface area contributed by atoms with Crippen LogP contribution in [0.3, 0.4) is 0 Å². The van der Waals surface area contributed by atoms with Crippen molar-refractivity contribution in [3.63, 3.8) is 0 Å². The topological polar surface area (TPSA) is 29.5 Å². The van der Waals surface area contributed by atoms with Crippen molar-refractivity contribution in [1.29, 1.82) is 0 Å². The van der Waals surface area contributed by atoms with Gasteiger partial charge in [0.05, 0.1) is 0 Å². The lowest BCUT2D eigenvalue weighted by atomic mass is 9.95. The summed E-state index contributed by atoms with van der Waals surface area (Å²) in [6.45, 7) is 2.11. The minimum atomic E-state index is -0.176. The maximum Gasteiger partial charge on any atom is 0.410 e. The van der Waals surface area contributed by atoms with Crippen molar-refractivity contribution in [2.24, 2.45) is 11.3 Å². The third-order valence-electron chi connectivity index (χ3n) is 4.02. The van der Waals surface area contributed by atoms with Gasteiger partial charge in [-0.25, -0.2) is 4.79 Å². The van der Waals surface area contributed by atoms with E-state index in [0.717, 1.165) is 29.9 Å². The highest BCUT2D eigenvalue weighted by atomic mass is 79.9. The Labute approximate surface area is 115 Å². The van der Waals surface area contributed by atoms with Crippen LogP contribution in [0.4, 0.5) is 4.79 Å². The number of hydrogen-bond donors (Lipinski definition) is 0. The first-order valence-corrected chi connectivity index (χ1v) is 7.37. The quantitative estimate of drug-likeness (QED) is 0.803. The summed E-state index contributed by atoms with van der Waals surface area (Å²) in [5, 5.41) is 1.06. The SMILES string of the molecule is O=C(OCc1ccccc1)N1CC2(CC2CBr)C1. The number of rotatable bonds is 3. The van der Waals surface area contributed by atoms with Gasteiger partial charge in [-0.15, -0.1) is 0 Å². The number of carbonyl (C=O) groups excluding carboxylic acids is 1. The number of ether oxygens (including phenoxy) is 1. The summed E-state index contributed by atoms with van der Waals surface area (Å²) < 4.78 is 5.30. The summed E-state index contributed by atoms with van der Waals surface area (Å²) in [6, 6.07) is 9.79. The summed E-state index contributed by atoms with van der Waals surface area (Å²) in [6.07, 6.45) is 1.07. The number of benzene rings is 1. The fourth-order valence-electron chi connectivity index (χ4n) is 2.69. The molecule has 3 rings (SSSR count). The zero-order chi connectivity index (χ0) is 12.6. The molecule has 4 heteroatoms. The Balaban J connectivity index is 1.44. The van der Waals surface area contributed by atoms with Gasteiger partial charge < -0.3 is 9.64 Å². The van der Waals surface area contributed by atoms with E-state index in [-0.39, 0.29) is 6.09 Å². The maximum atomic E-state index is 11.8. The van der Waals surface area contributed by atoms with Crippen LogP contribution in [0, 0.1) is 11.3 Å². The van der Waals surface area contributed by atoms with Crippen LogP contribution in [-0.2, 0) is 11.3 Å². The van der Waals surface area contributed by atoms with Crippen LogP contribution in [0.15, 0.2) is 30.3 Å². The van der Waals surface area contributed by atoms with E-state index >= 15 is 0 Å². The molecule has 18 heavy (non-hydrogen) atoms. The molecule has 96 valence electrons. The van der Waals surface area contributed by atoms with E-state index in [1.54, 1.807) is 0 Å². The van der Waals surface area contributed by atoms with Crippen LogP contribution in [0.2, 0.25) is 0 Å². The van der Waals surface area contributed by atoms with Crippen LogP contribution in [0.25, 0.3) is 0 Å². The van der Waals surface area contributed by atoms with Gasteiger partial charge in [0.25, 0.3) is 0 Å². The third-order valence-corrected chi connectivity index (χ3v) is 4.80. The molecule has 1 heterocycles. The van der Waals surface area contributed by atoms with Crippen LogP contribution in [0.5, 0.6) is 0 Å². The molecule has 1 aromatic rings. The van der Waals surface area contributed by atoms with E-state index in [1.165, 1.54) is 6.42 Å². The summed E-state index contributed by atoms with van der Waals surface area (Å²) in [5.74, 6) is 0.760. The van der Waals surface area contributed by atoms with Crippen molar-refractivity contribution >= 4 is 22.0 Å². The summed E-state index contributed by atoms with van der Waals surface area (Å²) in [5.41, 5.74) is 1.46. The van der Waals surface area contributed by atoms with Crippen molar-refractivity contribution in [1.82, 2.24) is 4.90 Å². The highest BCUT2D eigenvalue weighted by Crippen LogP contribution is 2.59. The summed E-state index contributed by atoms with van der Waals surface area (Å²) >= 11 is 3.51. The molecule has 1 atom stereocenters. The lowest BCUT2D eigenvalue weighted by Crippen LogP contribution is -2.52. The molecule has 1 saturated carbocycles. The molecular weight excluding hydrogens is 294 g/mol. The minimum Gasteiger partial charge on any atom is -0.445 e. The second kappa shape index (κ2) is 4.57.